The fraction of sp³-hybridized carbons (Fsp3) is 0.233. The van der Waals surface area contributed by atoms with E-state index in [4.69, 9.17) is 21.7 Å². The van der Waals surface area contributed by atoms with Gasteiger partial charge in [0.2, 0.25) is 0 Å². The van der Waals surface area contributed by atoms with Crippen LogP contribution in [0.4, 0.5) is 5.69 Å². The fourth-order valence-electron chi connectivity index (χ4n) is 5.36. The molecule has 0 bridgehead atoms. The van der Waals surface area contributed by atoms with Gasteiger partial charge in [0, 0.05) is 29.3 Å². The number of carboxylic acid groups (broad SMARTS) is 1. The van der Waals surface area contributed by atoms with E-state index in [0.717, 1.165) is 39.6 Å². The molecule has 4 aromatic rings. The lowest BCUT2D eigenvalue weighted by molar-refractivity contribution is 0.0697. The summed E-state index contributed by atoms with van der Waals surface area (Å²) in [4.78, 5) is 18.5. The molecule has 2 atom stereocenters. The minimum absolute atomic E-state index is 0.240. The molecule has 1 saturated heterocycles. The molecule has 1 aliphatic heterocycles. The zero-order chi connectivity index (χ0) is 27.8. The van der Waals surface area contributed by atoms with E-state index in [1.54, 1.807) is 32.5 Å². The quantitative estimate of drug-likeness (QED) is 0.288. The van der Waals surface area contributed by atoms with E-state index >= 15 is 0 Å². The highest BCUT2D eigenvalue weighted by molar-refractivity contribution is 7.80. The first-order chi connectivity index (χ1) is 18.7. The second-order valence-corrected chi connectivity index (χ2v) is 9.89. The summed E-state index contributed by atoms with van der Waals surface area (Å²) < 4.78 is 13.3. The van der Waals surface area contributed by atoms with Gasteiger partial charge in [-0.05, 0) is 86.6 Å². The highest BCUT2D eigenvalue weighted by Crippen LogP contribution is 2.47. The first kappa shape index (κ1) is 26.2. The van der Waals surface area contributed by atoms with Gasteiger partial charge in [-0.15, -0.1) is 0 Å². The Labute approximate surface area is 232 Å². The molecule has 1 aliphatic rings. The number of aromatic nitrogens is 2. The van der Waals surface area contributed by atoms with Crippen molar-refractivity contribution < 1.29 is 19.4 Å². The van der Waals surface area contributed by atoms with E-state index in [1.807, 2.05) is 56.3 Å². The molecule has 5 rings (SSSR count). The zero-order valence-electron chi connectivity index (χ0n) is 22.4. The van der Waals surface area contributed by atoms with Crippen molar-refractivity contribution in [2.45, 2.75) is 32.9 Å². The summed E-state index contributed by atoms with van der Waals surface area (Å²) in [6, 6.07) is 18.3. The molecule has 2 aromatic heterocycles. The van der Waals surface area contributed by atoms with Gasteiger partial charge < -0.3 is 29.4 Å². The number of aromatic carboxylic acids is 1. The van der Waals surface area contributed by atoms with Gasteiger partial charge in [0.15, 0.2) is 5.11 Å². The predicted molar refractivity (Wildman–Crippen MR) is 154 cm³/mol. The van der Waals surface area contributed by atoms with E-state index < -0.39 is 5.97 Å². The molecule has 39 heavy (non-hydrogen) atoms. The van der Waals surface area contributed by atoms with Gasteiger partial charge in [0.25, 0.3) is 0 Å². The van der Waals surface area contributed by atoms with Crippen molar-refractivity contribution in [2.75, 3.05) is 19.1 Å². The third-order valence-electron chi connectivity index (χ3n) is 7.23. The van der Waals surface area contributed by atoms with E-state index in [2.05, 4.69) is 32.8 Å². The van der Waals surface area contributed by atoms with Gasteiger partial charge in [-0.1, -0.05) is 12.1 Å². The van der Waals surface area contributed by atoms with Gasteiger partial charge in [-0.3, -0.25) is 4.98 Å². The van der Waals surface area contributed by atoms with E-state index in [0.29, 0.717) is 16.6 Å². The number of anilines is 1. The molecule has 0 amide bonds. The minimum atomic E-state index is -0.961. The third-order valence-corrected chi connectivity index (χ3v) is 7.54. The molecule has 1 fully saturated rings. The van der Waals surface area contributed by atoms with Crippen LogP contribution in [0, 0.1) is 20.8 Å². The lowest BCUT2D eigenvalue weighted by atomic mass is 9.96. The van der Waals surface area contributed by atoms with Crippen LogP contribution in [0.1, 0.15) is 50.7 Å². The normalized spacial score (nSPS) is 16.7. The Morgan fingerprint density at radius 1 is 1.00 bits per heavy atom. The first-order valence-electron chi connectivity index (χ1n) is 12.5. The number of hydrogen-bond donors (Lipinski definition) is 2. The van der Waals surface area contributed by atoms with Crippen molar-refractivity contribution in [3.05, 3.63) is 101 Å². The van der Waals surface area contributed by atoms with Crippen LogP contribution in [0.3, 0.4) is 0 Å². The van der Waals surface area contributed by atoms with Gasteiger partial charge in [0.05, 0.1) is 43.2 Å². The Bertz CT molecular complexity index is 1570. The number of pyridine rings is 1. The first-order valence-corrected chi connectivity index (χ1v) is 12.9. The van der Waals surface area contributed by atoms with Crippen LogP contribution >= 0.6 is 12.2 Å². The smallest absolute Gasteiger partial charge is 0.335 e. The summed E-state index contributed by atoms with van der Waals surface area (Å²) in [6.45, 7) is 6.06. The van der Waals surface area contributed by atoms with Crippen molar-refractivity contribution in [3.8, 4) is 17.2 Å². The number of hydrogen-bond acceptors (Lipinski definition) is 5. The Morgan fingerprint density at radius 3 is 2.46 bits per heavy atom. The molecular weight excluding hydrogens is 512 g/mol. The average molecular weight is 543 g/mol. The van der Waals surface area contributed by atoms with Crippen LogP contribution in [-0.2, 0) is 0 Å². The molecule has 0 spiro atoms. The van der Waals surface area contributed by atoms with Crippen molar-refractivity contribution in [3.63, 3.8) is 0 Å². The number of rotatable bonds is 7. The Morgan fingerprint density at radius 2 is 1.79 bits per heavy atom. The van der Waals surface area contributed by atoms with Crippen LogP contribution in [0.5, 0.6) is 11.5 Å². The lowest BCUT2D eigenvalue weighted by Crippen LogP contribution is -2.30. The summed E-state index contributed by atoms with van der Waals surface area (Å²) in [5.74, 6) is 0.347. The van der Waals surface area contributed by atoms with Crippen LogP contribution in [0.25, 0.3) is 5.69 Å². The molecule has 200 valence electrons. The predicted octanol–water partition coefficient (Wildman–Crippen LogP) is 5.69. The second kappa shape index (κ2) is 10.4. The van der Waals surface area contributed by atoms with Gasteiger partial charge in [-0.2, -0.15) is 0 Å². The van der Waals surface area contributed by atoms with Crippen molar-refractivity contribution in [2.24, 2.45) is 0 Å². The number of nitrogens with zero attached hydrogens (tertiary/aromatic N) is 3. The van der Waals surface area contributed by atoms with Crippen molar-refractivity contribution >= 4 is 29.0 Å². The van der Waals surface area contributed by atoms with Gasteiger partial charge in [0.1, 0.15) is 11.5 Å². The SMILES string of the molecule is COc1ccc(N2C(=S)N[C@H](c3ccccn3)[C@H]2c2cc(C)n(-c3cc(C(=O)O)ccc3C)c2C)c(OC)c1. The van der Waals surface area contributed by atoms with Crippen LogP contribution in [-0.4, -0.2) is 40.0 Å². The molecule has 2 aromatic carbocycles. The monoisotopic (exact) mass is 542 g/mol. The Balaban J connectivity index is 1.72. The van der Waals surface area contributed by atoms with Crippen LogP contribution < -0.4 is 19.7 Å². The third kappa shape index (κ3) is 4.59. The van der Waals surface area contributed by atoms with E-state index in [9.17, 15) is 9.90 Å². The molecule has 2 N–H and O–H groups in total. The molecule has 3 heterocycles. The summed E-state index contributed by atoms with van der Waals surface area (Å²) in [5, 5.41) is 13.7. The topological polar surface area (TPSA) is 88.9 Å². The Hall–Kier alpha value is -4.37. The Kier molecular flexibility index (Phi) is 7.01. The molecule has 0 radical (unpaired) electrons. The summed E-state index contributed by atoms with van der Waals surface area (Å²) in [7, 11) is 3.24. The van der Waals surface area contributed by atoms with Crippen LogP contribution in [0.15, 0.2) is 66.9 Å². The highest BCUT2D eigenvalue weighted by Gasteiger charge is 2.43. The molecule has 0 unspecified atom stereocenters. The maximum absolute atomic E-state index is 11.8. The largest absolute Gasteiger partial charge is 0.497 e. The highest BCUT2D eigenvalue weighted by atomic mass is 32.1. The lowest BCUT2D eigenvalue weighted by Gasteiger charge is -2.29. The summed E-state index contributed by atoms with van der Waals surface area (Å²) >= 11 is 5.92. The number of methoxy groups -OCH3 is 2. The number of nitrogens with one attached hydrogen (secondary N) is 1. The average Bonchev–Trinajstić information content (AvgIpc) is 3.43. The summed E-state index contributed by atoms with van der Waals surface area (Å²) in [6.07, 6.45) is 1.78. The maximum atomic E-state index is 11.8. The molecule has 9 heteroatoms. The van der Waals surface area contributed by atoms with Gasteiger partial charge >= 0.3 is 5.97 Å². The summed E-state index contributed by atoms with van der Waals surface area (Å²) in [5.41, 5.74) is 6.69. The zero-order valence-corrected chi connectivity index (χ0v) is 23.2. The van der Waals surface area contributed by atoms with Gasteiger partial charge in [-0.25, -0.2) is 4.79 Å². The number of ether oxygens (including phenoxy) is 2. The van der Waals surface area contributed by atoms with E-state index in [-0.39, 0.29) is 17.6 Å². The standard InChI is InChI=1S/C30H30N4O4S/c1-17-9-10-20(29(35)36)15-25(17)33-18(2)14-22(19(33)3)28-27(23-8-6-7-13-31-23)32-30(39)34(28)24-12-11-21(37-4)16-26(24)38-5/h6-16,27-28H,1-5H3,(H,32,39)(H,35,36)/t27-,28-/m1/s1. The maximum Gasteiger partial charge on any atom is 0.335 e. The number of aryl methyl sites for hydroxylation is 2. The number of thiocarbonyl (C=S) groups is 1. The number of benzene rings is 2. The molecule has 8 nitrogen and oxygen atoms in total. The minimum Gasteiger partial charge on any atom is -0.497 e. The van der Waals surface area contributed by atoms with Crippen LogP contribution in [0.2, 0.25) is 0 Å². The molecular formula is C30H30N4O4S. The fourth-order valence-corrected chi connectivity index (χ4v) is 5.69. The molecule has 0 saturated carbocycles. The van der Waals surface area contributed by atoms with Crippen molar-refractivity contribution in [1.82, 2.24) is 14.9 Å². The van der Waals surface area contributed by atoms with E-state index in [1.165, 1.54) is 0 Å². The van der Waals surface area contributed by atoms with Crippen molar-refractivity contribution in [1.29, 1.82) is 0 Å². The molecule has 0 aliphatic carbocycles. The number of carbonyl (C=O) groups is 1. The number of carboxylic acids is 1. The second-order valence-electron chi connectivity index (χ2n) is 9.50.